The molecule has 0 radical (unpaired) electrons. The zero-order valence-electron chi connectivity index (χ0n) is 17.3. The van der Waals surface area contributed by atoms with Crippen molar-refractivity contribution in [2.75, 3.05) is 6.61 Å². The minimum Gasteiger partial charge on any atom is -0.504 e. The van der Waals surface area contributed by atoms with Gasteiger partial charge in [0.2, 0.25) is 11.8 Å². The summed E-state index contributed by atoms with van der Waals surface area (Å²) in [7, 11) is 0. The molecule has 7 heteroatoms. The fraction of sp³-hybridized carbons (Fsp3) is 0.120. The van der Waals surface area contributed by atoms with Gasteiger partial charge in [0.05, 0.1) is 23.8 Å². The summed E-state index contributed by atoms with van der Waals surface area (Å²) in [6.45, 7) is 2.23. The third-order valence-electron chi connectivity index (χ3n) is 5.59. The maximum absolute atomic E-state index is 10.2. The predicted molar refractivity (Wildman–Crippen MR) is 120 cm³/mol. The lowest BCUT2D eigenvalue weighted by Crippen LogP contribution is -2.21. The largest absolute Gasteiger partial charge is 0.504 e. The Morgan fingerprint density at radius 2 is 1.97 bits per heavy atom. The highest BCUT2D eigenvalue weighted by Crippen LogP contribution is 2.47. The van der Waals surface area contributed by atoms with Crippen molar-refractivity contribution >= 4 is 10.8 Å². The SMILES string of the molecule is CCOc1cc([C@@H]2C(C#N)=C(N)Oc3n[nH]c(-c4ccc5ccccc5c4)c32)ccc1O. The maximum Gasteiger partial charge on any atom is 0.244 e. The van der Waals surface area contributed by atoms with Gasteiger partial charge in [-0.15, -0.1) is 5.10 Å². The summed E-state index contributed by atoms with van der Waals surface area (Å²) in [5.74, 6) is 0.155. The fourth-order valence-electron chi connectivity index (χ4n) is 4.12. The maximum atomic E-state index is 10.2. The Labute approximate surface area is 184 Å². The fourth-order valence-corrected chi connectivity index (χ4v) is 4.12. The van der Waals surface area contributed by atoms with Crippen molar-refractivity contribution in [3.63, 3.8) is 0 Å². The number of benzene rings is 3. The molecule has 0 aliphatic carbocycles. The zero-order valence-corrected chi connectivity index (χ0v) is 17.3. The van der Waals surface area contributed by atoms with Gasteiger partial charge in [-0.1, -0.05) is 42.5 Å². The number of nitrogens with one attached hydrogen (secondary N) is 1. The topological polar surface area (TPSA) is 117 Å². The molecule has 0 amide bonds. The number of ether oxygens (including phenoxy) is 2. The second kappa shape index (κ2) is 7.67. The molecule has 158 valence electrons. The molecule has 32 heavy (non-hydrogen) atoms. The van der Waals surface area contributed by atoms with Gasteiger partial charge in [-0.3, -0.25) is 5.10 Å². The number of rotatable bonds is 4. The van der Waals surface area contributed by atoms with Gasteiger partial charge in [-0.25, -0.2) is 0 Å². The molecule has 1 aliphatic heterocycles. The number of nitrogens with zero attached hydrogens (tertiary/aromatic N) is 2. The Bertz CT molecular complexity index is 1410. The van der Waals surface area contributed by atoms with E-state index >= 15 is 0 Å². The Hall–Kier alpha value is -4.44. The summed E-state index contributed by atoms with van der Waals surface area (Å²) in [4.78, 5) is 0. The lowest BCUT2D eigenvalue weighted by atomic mass is 9.82. The average molecular weight is 424 g/mol. The number of fused-ring (bicyclic) bond motifs is 2. The van der Waals surface area contributed by atoms with Gasteiger partial charge in [0, 0.05) is 5.56 Å². The summed E-state index contributed by atoms with van der Waals surface area (Å²) in [6.07, 6.45) is 0. The third-order valence-corrected chi connectivity index (χ3v) is 5.59. The molecule has 0 saturated heterocycles. The van der Waals surface area contributed by atoms with Crippen LogP contribution in [-0.2, 0) is 0 Å². The molecule has 1 aliphatic rings. The first-order valence-electron chi connectivity index (χ1n) is 10.2. The molecule has 0 saturated carbocycles. The molecule has 0 fully saturated rings. The van der Waals surface area contributed by atoms with E-state index in [-0.39, 0.29) is 17.2 Å². The number of nitrogens with two attached hydrogens (primary N) is 1. The van der Waals surface area contributed by atoms with Crippen molar-refractivity contribution in [2.24, 2.45) is 5.73 Å². The monoisotopic (exact) mass is 424 g/mol. The molecular formula is C25H20N4O3. The first-order valence-corrected chi connectivity index (χ1v) is 10.2. The molecule has 3 aromatic carbocycles. The van der Waals surface area contributed by atoms with Gasteiger partial charge in [-0.05, 0) is 41.5 Å². The van der Waals surface area contributed by atoms with Crippen molar-refractivity contribution in [3.05, 3.63) is 83.2 Å². The molecule has 0 unspecified atom stereocenters. The van der Waals surface area contributed by atoms with E-state index in [2.05, 4.69) is 28.4 Å². The summed E-state index contributed by atoms with van der Waals surface area (Å²) >= 11 is 0. The Kier molecular flexibility index (Phi) is 4.68. The van der Waals surface area contributed by atoms with Gasteiger partial charge >= 0.3 is 0 Å². The minimum atomic E-state index is -0.538. The van der Waals surface area contributed by atoms with E-state index in [0.717, 1.165) is 27.6 Å². The normalized spacial score (nSPS) is 15.2. The van der Waals surface area contributed by atoms with Crippen LogP contribution in [0.2, 0.25) is 0 Å². The molecule has 4 N–H and O–H groups in total. The average Bonchev–Trinajstić information content (AvgIpc) is 3.22. The molecule has 1 atom stereocenters. The molecule has 4 aromatic rings. The third kappa shape index (κ3) is 3.10. The Balaban J connectivity index is 1.71. The molecule has 0 spiro atoms. The highest BCUT2D eigenvalue weighted by molar-refractivity contribution is 5.87. The number of hydrogen-bond donors (Lipinski definition) is 3. The van der Waals surface area contributed by atoms with E-state index in [4.69, 9.17) is 15.2 Å². The summed E-state index contributed by atoms with van der Waals surface area (Å²) < 4.78 is 11.3. The number of phenolic OH excluding ortho intramolecular Hbond substituents is 1. The van der Waals surface area contributed by atoms with Crippen LogP contribution in [0.15, 0.2) is 72.1 Å². The summed E-state index contributed by atoms with van der Waals surface area (Å²) in [6, 6.07) is 21.4. The molecule has 7 nitrogen and oxygen atoms in total. The number of aromatic nitrogens is 2. The van der Waals surface area contributed by atoms with Gasteiger partial charge in [0.1, 0.15) is 11.6 Å². The van der Waals surface area contributed by atoms with E-state index in [0.29, 0.717) is 23.8 Å². The molecule has 0 bridgehead atoms. The van der Waals surface area contributed by atoms with Crippen LogP contribution in [0.1, 0.15) is 24.0 Å². The van der Waals surface area contributed by atoms with Crippen LogP contribution in [0.4, 0.5) is 0 Å². The van der Waals surface area contributed by atoms with Crippen molar-refractivity contribution < 1.29 is 14.6 Å². The van der Waals surface area contributed by atoms with Gasteiger partial charge in [0.25, 0.3) is 0 Å². The van der Waals surface area contributed by atoms with Crippen LogP contribution in [0.5, 0.6) is 17.4 Å². The van der Waals surface area contributed by atoms with Crippen LogP contribution in [0, 0.1) is 11.3 Å². The second-order valence-corrected chi connectivity index (χ2v) is 7.46. The summed E-state index contributed by atoms with van der Waals surface area (Å²) in [5, 5.41) is 29.7. The quantitative estimate of drug-likeness (QED) is 0.442. The van der Waals surface area contributed by atoms with Crippen molar-refractivity contribution in [2.45, 2.75) is 12.8 Å². The molecule has 2 heterocycles. The van der Waals surface area contributed by atoms with E-state index in [1.165, 1.54) is 0 Å². The lowest BCUT2D eigenvalue weighted by molar-refractivity contribution is 0.317. The van der Waals surface area contributed by atoms with Crippen LogP contribution < -0.4 is 15.2 Å². The van der Waals surface area contributed by atoms with Gasteiger partial charge in [-0.2, -0.15) is 5.26 Å². The summed E-state index contributed by atoms with van der Waals surface area (Å²) in [5.41, 5.74) is 9.44. The van der Waals surface area contributed by atoms with Crippen molar-refractivity contribution in [3.8, 4) is 34.7 Å². The van der Waals surface area contributed by atoms with Crippen LogP contribution >= 0.6 is 0 Å². The highest BCUT2D eigenvalue weighted by atomic mass is 16.5. The van der Waals surface area contributed by atoms with Crippen molar-refractivity contribution in [1.29, 1.82) is 5.26 Å². The highest BCUT2D eigenvalue weighted by Gasteiger charge is 2.36. The molecule has 5 rings (SSSR count). The number of hydrogen-bond acceptors (Lipinski definition) is 6. The number of phenols is 1. The van der Waals surface area contributed by atoms with E-state index < -0.39 is 5.92 Å². The smallest absolute Gasteiger partial charge is 0.244 e. The van der Waals surface area contributed by atoms with E-state index in [1.807, 2.05) is 37.3 Å². The van der Waals surface area contributed by atoms with Crippen LogP contribution in [-0.4, -0.2) is 21.9 Å². The Morgan fingerprint density at radius 1 is 1.16 bits per heavy atom. The van der Waals surface area contributed by atoms with Crippen LogP contribution in [0.25, 0.3) is 22.0 Å². The molecular weight excluding hydrogens is 404 g/mol. The number of nitriles is 1. The van der Waals surface area contributed by atoms with Crippen molar-refractivity contribution in [1.82, 2.24) is 10.2 Å². The minimum absolute atomic E-state index is 0.00703. The van der Waals surface area contributed by atoms with Gasteiger partial charge < -0.3 is 20.3 Å². The van der Waals surface area contributed by atoms with E-state index in [1.54, 1.807) is 18.2 Å². The van der Waals surface area contributed by atoms with Gasteiger partial charge in [0.15, 0.2) is 11.5 Å². The number of allylic oxidation sites excluding steroid dienone is 1. The first kappa shape index (κ1) is 19.5. The first-order chi connectivity index (χ1) is 15.6. The number of H-pyrrole nitrogens is 1. The number of aromatic hydroxyl groups is 1. The lowest BCUT2D eigenvalue weighted by Gasteiger charge is -2.24. The number of aromatic amines is 1. The predicted octanol–water partition coefficient (Wildman–Crippen LogP) is 4.55. The van der Waals surface area contributed by atoms with E-state index in [9.17, 15) is 10.4 Å². The second-order valence-electron chi connectivity index (χ2n) is 7.46. The standard InChI is InChI=1S/C25H20N4O3/c1-2-31-20-12-16(9-10-19(20)30)21-18(13-26)24(27)32-25-22(21)23(28-29-25)17-8-7-14-5-3-4-6-15(14)11-17/h3-12,21,30H,2,27H2,1H3,(H,28,29)/t21-/m1/s1. The van der Waals surface area contributed by atoms with Crippen LogP contribution in [0.3, 0.4) is 0 Å². The zero-order chi connectivity index (χ0) is 22.2. The molecule has 1 aromatic heterocycles. The Morgan fingerprint density at radius 3 is 2.75 bits per heavy atom.